The topological polar surface area (TPSA) is 117 Å². The van der Waals surface area contributed by atoms with Gasteiger partial charge in [-0.15, -0.1) is 0 Å². The molecule has 3 atom stereocenters. The van der Waals surface area contributed by atoms with Gasteiger partial charge < -0.3 is 20.7 Å². The first kappa shape index (κ1) is 41.1. The van der Waals surface area contributed by atoms with E-state index in [0.717, 1.165) is 78.1 Å². The molecule has 10 rings (SSSR count). The van der Waals surface area contributed by atoms with Crippen LogP contribution in [0.15, 0.2) is 103 Å². The van der Waals surface area contributed by atoms with Crippen molar-refractivity contribution in [1.29, 1.82) is 0 Å². The zero-order valence-corrected chi connectivity index (χ0v) is 36.1. The molecule has 4 aliphatic rings. The summed E-state index contributed by atoms with van der Waals surface area (Å²) in [6.07, 6.45) is 5.60. The van der Waals surface area contributed by atoms with Crippen LogP contribution < -0.4 is 16.0 Å². The molecule has 1 saturated carbocycles. The fraction of sp³-hybridized carbons (Fsp3) is 0.373. The van der Waals surface area contributed by atoms with Crippen molar-refractivity contribution in [2.24, 2.45) is 5.41 Å². The zero-order chi connectivity index (χ0) is 43.1. The van der Waals surface area contributed by atoms with Gasteiger partial charge in [-0.25, -0.2) is 14.1 Å². The summed E-state index contributed by atoms with van der Waals surface area (Å²) in [5.74, 6) is -0.922. The van der Waals surface area contributed by atoms with E-state index in [4.69, 9.17) is 9.72 Å². The Hall–Kier alpha value is -5.95. The Kier molecular flexibility index (Phi) is 11.3. The van der Waals surface area contributed by atoms with Crippen LogP contribution in [0.2, 0.25) is 0 Å². The van der Waals surface area contributed by atoms with Crippen LogP contribution in [-0.4, -0.2) is 80.8 Å². The summed E-state index contributed by atoms with van der Waals surface area (Å²) in [5, 5.41) is 15.4. The van der Waals surface area contributed by atoms with E-state index in [-0.39, 0.29) is 36.8 Å². The van der Waals surface area contributed by atoms with Crippen LogP contribution in [0.1, 0.15) is 81.8 Å². The van der Waals surface area contributed by atoms with Gasteiger partial charge in [0, 0.05) is 111 Å². The number of likely N-dealkylation sites (tertiary alicyclic amines) is 2. The SMILES string of the molecule is CCc1nc2c(cnn2CC)c(NC2CCOCC2)c1CNC(=O)c1cccc(C(=O)NCc2ccc(F)c(-c3cccc(CN4CC56C[C@@H]5N(Cc5ccccc5)C[C@@H]46)c3)c2)c1. The summed E-state index contributed by atoms with van der Waals surface area (Å²) < 4.78 is 22.9. The van der Waals surface area contributed by atoms with E-state index in [2.05, 4.69) is 80.2 Å². The summed E-state index contributed by atoms with van der Waals surface area (Å²) in [7, 11) is 0. The number of aryl methyl sites for hydroxylation is 2. The summed E-state index contributed by atoms with van der Waals surface area (Å²) in [5.41, 5.74) is 9.43. The molecule has 4 fully saturated rings. The number of pyridine rings is 1. The van der Waals surface area contributed by atoms with Crippen molar-refractivity contribution < 1.29 is 18.7 Å². The number of carbonyl (C=O) groups excluding carboxylic acids is 2. The second-order valence-electron chi connectivity index (χ2n) is 17.7. The monoisotopic (exact) mass is 846 g/mol. The highest BCUT2D eigenvalue weighted by Gasteiger charge is 2.73. The average Bonchev–Trinajstić information content (AvgIpc) is 3.86. The van der Waals surface area contributed by atoms with E-state index in [1.54, 1.807) is 30.3 Å². The molecule has 11 nitrogen and oxygen atoms in total. The van der Waals surface area contributed by atoms with Crippen LogP contribution in [0, 0.1) is 11.2 Å². The minimum absolute atomic E-state index is 0.202. The van der Waals surface area contributed by atoms with Crippen LogP contribution in [0.5, 0.6) is 0 Å². The van der Waals surface area contributed by atoms with E-state index >= 15 is 4.39 Å². The highest BCUT2D eigenvalue weighted by Crippen LogP contribution is 2.65. The summed E-state index contributed by atoms with van der Waals surface area (Å²) in [6, 6.07) is 32.2. The van der Waals surface area contributed by atoms with Crippen LogP contribution in [0.3, 0.4) is 0 Å². The highest BCUT2D eigenvalue weighted by molar-refractivity contribution is 6.00. The molecule has 5 heterocycles. The molecule has 4 aromatic carbocycles. The number of halogens is 1. The molecule has 2 aromatic heterocycles. The number of piperidine rings is 1. The summed E-state index contributed by atoms with van der Waals surface area (Å²) in [6.45, 7) is 10.7. The summed E-state index contributed by atoms with van der Waals surface area (Å²) >= 11 is 0. The van der Waals surface area contributed by atoms with Gasteiger partial charge in [0.2, 0.25) is 0 Å². The molecule has 0 radical (unpaired) electrons. The fourth-order valence-electron chi connectivity index (χ4n) is 10.4. The first-order valence-electron chi connectivity index (χ1n) is 22.6. The van der Waals surface area contributed by atoms with Crippen molar-refractivity contribution in [2.45, 2.75) is 90.4 Å². The normalized spacial score (nSPS) is 20.8. The highest BCUT2D eigenvalue weighted by atomic mass is 19.1. The number of nitrogens with zero attached hydrogens (tertiary/aromatic N) is 5. The lowest BCUT2D eigenvalue weighted by Gasteiger charge is -2.47. The Morgan fingerprint density at radius 3 is 2.33 bits per heavy atom. The number of anilines is 1. The molecular weight excluding hydrogens is 792 g/mol. The number of amides is 2. The van der Waals surface area contributed by atoms with Gasteiger partial charge in [-0.2, -0.15) is 5.10 Å². The molecule has 324 valence electrons. The van der Waals surface area contributed by atoms with Crippen molar-refractivity contribution in [2.75, 3.05) is 31.6 Å². The number of hydrogen-bond acceptors (Lipinski definition) is 8. The Morgan fingerprint density at radius 2 is 1.56 bits per heavy atom. The molecule has 3 aliphatic heterocycles. The molecule has 6 aromatic rings. The smallest absolute Gasteiger partial charge is 0.251 e. The first-order valence-corrected chi connectivity index (χ1v) is 22.6. The standard InChI is InChI=1S/C51H55FN8O3/c1-3-44-41(47(56-39-18-20-63-21-19-39)42-28-55-60(4-2)48(42)57-44)27-54-50(62)38-15-9-14-37(24-38)49(61)53-26-34-16-17-43(52)40(23-34)36-13-8-12-35(22-36)30-59-32-51-25-45(51)58(31-46(51)59)29-33-10-6-5-7-11-33/h5-17,22-24,28,39,45-46H,3-4,18-21,25-27,29-32H2,1-2H3,(H,53,61)(H,54,62)(H,56,57)/t45-,46+,51?/m0/s1. The maximum atomic E-state index is 15.4. The molecule has 3 N–H and O–H groups in total. The molecule has 63 heavy (non-hydrogen) atoms. The predicted octanol–water partition coefficient (Wildman–Crippen LogP) is 7.73. The van der Waals surface area contributed by atoms with Gasteiger partial charge in [0.25, 0.3) is 11.8 Å². The van der Waals surface area contributed by atoms with E-state index in [9.17, 15) is 9.59 Å². The van der Waals surface area contributed by atoms with Crippen molar-refractivity contribution in [1.82, 2.24) is 35.2 Å². The van der Waals surface area contributed by atoms with E-state index < -0.39 is 0 Å². The number of ether oxygens (including phenoxy) is 1. The van der Waals surface area contributed by atoms with Crippen molar-refractivity contribution >= 4 is 28.5 Å². The maximum absolute atomic E-state index is 15.4. The second-order valence-corrected chi connectivity index (χ2v) is 17.7. The molecule has 2 amide bonds. The van der Waals surface area contributed by atoms with E-state index in [1.165, 1.54) is 23.6 Å². The molecule has 1 aliphatic carbocycles. The summed E-state index contributed by atoms with van der Waals surface area (Å²) in [4.78, 5) is 37.4. The number of hydrogen-bond donors (Lipinski definition) is 3. The molecule has 3 saturated heterocycles. The predicted molar refractivity (Wildman–Crippen MR) is 243 cm³/mol. The van der Waals surface area contributed by atoms with Crippen LogP contribution in [0.25, 0.3) is 22.2 Å². The molecule has 12 heteroatoms. The number of fused-ring (bicyclic) bond motifs is 1. The van der Waals surface area contributed by atoms with Gasteiger partial charge in [-0.1, -0.05) is 67.6 Å². The van der Waals surface area contributed by atoms with Gasteiger partial charge in [-0.05, 0) is 91.3 Å². The first-order chi connectivity index (χ1) is 30.8. The third-order valence-corrected chi connectivity index (χ3v) is 13.9. The Labute approximate surface area is 368 Å². The molecule has 0 bridgehead atoms. The Morgan fingerprint density at radius 1 is 0.810 bits per heavy atom. The van der Waals surface area contributed by atoms with Crippen LogP contribution >= 0.6 is 0 Å². The van der Waals surface area contributed by atoms with Gasteiger partial charge in [-0.3, -0.25) is 19.4 Å². The third kappa shape index (κ3) is 8.11. The van der Waals surface area contributed by atoms with Crippen LogP contribution in [0.4, 0.5) is 10.1 Å². The largest absolute Gasteiger partial charge is 0.381 e. The minimum Gasteiger partial charge on any atom is -0.381 e. The average molecular weight is 847 g/mol. The van der Waals surface area contributed by atoms with Gasteiger partial charge in [0.05, 0.1) is 17.3 Å². The number of benzene rings is 4. The number of aromatic nitrogens is 3. The molecule has 1 unspecified atom stereocenters. The zero-order valence-electron chi connectivity index (χ0n) is 36.1. The lowest BCUT2D eigenvalue weighted by Crippen LogP contribution is -2.57. The Balaban J connectivity index is 0.775. The number of rotatable bonds is 15. The second kappa shape index (κ2) is 17.3. The third-order valence-electron chi connectivity index (χ3n) is 13.9. The molecule has 1 spiro atoms. The van der Waals surface area contributed by atoms with E-state index in [0.29, 0.717) is 60.4 Å². The van der Waals surface area contributed by atoms with Crippen molar-refractivity contribution in [3.05, 3.63) is 148 Å². The Bertz CT molecular complexity index is 2660. The fourth-order valence-corrected chi connectivity index (χ4v) is 10.4. The van der Waals surface area contributed by atoms with Gasteiger partial charge >= 0.3 is 0 Å². The quantitative estimate of drug-likeness (QED) is 0.0963. The minimum atomic E-state index is -0.323. The molecular formula is C51H55FN8O3. The van der Waals surface area contributed by atoms with Gasteiger partial charge in [0.15, 0.2) is 5.65 Å². The number of carbonyl (C=O) groups is 2. The van der Waals surface area contributed by atoms with E-state index in [1.807, 2.05) is 36.0 Å². The van der Waals surface area contributed by atoms with Crippen molar-refractivity contribution in [3.8, 4) is 11.1 Å². The van der Waals surface area contributed by atoms with Crippen molar-refractivity contribution in [3.63, 3.8) is 0 Å². The van der Waals surface area contributed by atoms with Gasteiger partial charge in [0.1, 0.15) is 5.82 Å². The number of nitrogens with one attached hydrogen (secondary N) is 3. The van der Waals surface area contributed by atoms with Crippen LogP contribution in [-0.2, 0) is 43.9 Å². The lowest BCUT2D eigenvalue weighted by molar-refractivity contribution is 0.00650. The maximum Gasteiger partial charge on any atom is 0.251 e. The lowest BCUT2D eigenvalue weighted by atomic mass is 9.85.